The van der Waals surface area contributed by atoms with Gasteiger partial charge in [0.15, 0.2) is 0 Å². The zero-order valence-corrected chi connectivity index (χ0v) is 15.9. The van der Waals surface area contributed by atoms with Crippen LogP contribution in [0.4, 0.5) is 11.4 Å². The molecule has 0 saturated heterocycles. The van der Waals surface area contributed by atoms with E-state index in [1.807, 2.05) is 49.4 Å². The summed E-state index contributed by atoms with van der Waals surface area (Å²) in [7, 11) is -3.70. The Balaban J connectivity index is 2.12. The minimum absolute atomic E-state index is 0.0561. The topological polar surface area (TPSA) is 50.5 Å². The van der Waals surface area contributed by atoms with Crippen molar-refractivity contribution in [2.45, 2.75) is 43.2 Å². The van der Waals surface area contributed by atoms with Crippen molar-refractivity contribution < 1.29 is 12.8 Å². The number of nitrogens with zero attached hydrogens (tertiary/aromatic N) is 1. The van der Waals surface area contributed by atoms with Gasteiger partial charge in [-0.1, -0.05) is 49.4 Å². The molecule has 0 atom stereocenters. The lowest BCUT2D eigenvalue weighted by Gasteiger charge is -2.34. The van der Waals surface area contributed by atoms with E-state index in [2.05, 4.69) is 18.7 Å². The Morgan fingerprint density at radius 2 is 1.65 bits per heavy atom. The zero-order valence-electron chi connectivity index (χ0n) is 15.1. The maximum absolute atomic E-state index is 13.3. The van der Waals surface area contributed by atoms with Gasteiger partial charge in [-0.25, -0.2) is 8.42 Å². The highest BCUT2D eigenvalue weighted by Crippen LogP contribution is 2.52. The van der Waals surface area contributed by atoms with E-state index in [4.69, 9.17) is 4.42 Å². The molecule has 1 aliphatic heterocycles. The second kappa shape index (κ2) is 6.02. The van der Waals surface area contributed by atoms with Gasteiger partial charge >= 0.3 is 0 Å². The van der Waals surface area contributed by atoms with Crippen molar-refractivity contribution in [1.82, 2.24) is 0 Å². The molecular weight excluding hydrogens is 346 g/mol. The molecule has 1 aromatic heterocycles. The van der Waals surface area contributed by atoms with Crippen LogP contribution in [0, 0.1) is 0 Å². The van der Waals surface area contributed by atoms with Gasteiger partial charge < -0.3 is 9.32 Å². The van der Waals surface area contributed by atoms with Crippen LogP contribution in [-0.4, -0.2) is 14.5 Å². The number of hydrogen-bond donors (Lipinski definition) is 0. The van der Waals surface area contributed by atoms with E-state index in [9.17, 15) is 8.42 Å². The number of aryl methyl sites for hydroxylation is 1. The molecule has 0 aliphatic carbocycles. The van der Waals surface area contributed by atoms with Gasteiger partial charge in [-0.3, -0.25) is 0 Å². The molecule has 1 aliphatic rings. The predicted molar refractivity (Wildman–Crippen MR) is 103 cm³/mol. The van der Waals surface area contributed by atoms with Crippen molar-refractivity contribution in [1.29, 1.82) is 0 Å². The van der Waals surface area contributed by atoms with Crippen LogP contribution >= 0.6 is 0 Å². The molecule has 0 unspecified atom stereocenters. The van der Waals surface area contributed by atoms with Crippen LogP contribution in [0.2, 0.25) is 0 Å². The van der Waals surface area contributed by atoms with Crippen LogP contribution in [0.25, 0.3) is 11.1 Å². The smallest absolute Gasteiger partial charge is 0.247 e. The molecule has 2 aromatic carbocycles. The molecule has 5 heteroatoms. The average molecular weight is 367 g/mol. The molecule has 0 bridgehead atoms. The first-order chi connectivity index (χ1) is 12.5. The molecule has 0 radical (unpaired) electrons. The second-order valence-electron chi connectivity index (χ2n) is 6.69. The van der Waals surface area contributed by atoms with E-state index in [0.29, 0.717) is 28.5 Å². The minimum atomic E-state index is -3.70. The van der Waals surface area contributed by atoms with Crippen molar-refractivity contribution in [3.63, 3.8) is 0 Å². The number of anilines is 2. The summed E-state index contributed by atoms with van der Waals surface area (Å²) in [6.45, 7) is 6.11. The number of benzene rings is 2. The molecule has 0 fully saturated rings. The van der Waals surface area contributed by atoms with Gasteiger partial charge in [0.25, 0.3) is 0 Å². The number of furan rings is 1. The highest BCUT2D eigenvalue weighted by atomic mass is 32.2. The van der Waals surface area contributed by atoms with E-state index in [0.717, 1.165) is 11.1 Å². The van der Waals surface area contributed by atoms with Crippen molar-refractivity contribution in [3.05, 3.63) is 60.4 Å². The Hall–Kier alpha value is -2.53. The molecule has 134 valence electrons. The Kier molecular flexibility index (Phi) is 3.92. The third-order valence-corrected chi connectivity index (χ3v) is 6.41. The number of rotatable bonds is 3. The first-order valence-electron chi connectivity index (χ1n) is 8.81. The molecule has 4 rings (SSSR count). The third-order valence-electron chi connectivity index (χ3n) is 4.72. The highest BCUT2D eigenvalue weighted by molar-refractivity contribution is 7.91. The summed E-state index contributed by atoms with van der Waals surface area (Å²) in [5, 5.41) is 0.0561. The fourth-order valence-electron chi connectivity index (χ4n) is 3.64. The summed E-state index contributed by atoms with van der Waals surface area (Å²) < 4.78 is 32.5. The summed E-state index contributed by atoms with van der Waals surface area (Å²) >= 11 is 0. The maximum Gasteiger partial charge on any atom is 0.247 e. The summed E-state index contributed by atoms with van der Waals surface area (Å²) in [5.74, 6) is 0.697. The lowest BCUT2D eigenvalue weighted by atomic mass is 10.0. The lowest BCUT2D eigenvalue weighted by molar-refractivity contribution is 0.416. The Morgan fingerprint density at radius 1 is 1.00 bits per heavy atom. The molecular formula is C21H21NO3S. The van der Waals surface area contributed by atoms with Gasteiger partial charge in [0, 0.05) is 18.0 Å². The lowest BCUT2D eigenvalue weighted by Crippen LogP contribution is -2.31. The molecule has 2 heterocycles. The second-order valence-corrected chi connectivity index (χ2v) is 8.51. The van der Waals surface area contributed by atoms with Crippen LogP contribution in [0.5, 0.6) is 0 Å². The number of hydrogen-bond acceptors (Lipinski definition) is 4. The van der Waals surface area contributed by atoms with E-state index in [1.54, 1.807) is 12.1 Å². The summed E-state index contributed by atoms with van der Waals surface area (Å²) in [5.41, 5.74) is 3.20. The van der Waals surface area contributed by atoms with Crippen LogP contribution in [0.15, 0.2) is 69.0 Å². The molecule has 0 spiro atoms. The Labute approximate surface area is 154 Å². The molecule has 4 nitrogen and oxygen atoms in total. The van der Waals surface area contributed by atoms with Gasteiger partial charge in [0.2, 0.25) is 14.9 Å². The summed E-state index contributed by atoms with van der Waals surface area (Å²) in [4.78, 5) is 2.38. The van der Waals surface area contributed by atoms with E-state index >= 15 is 0 Å². The molecule has 0 amide bonds. The summed E-state index contributed by atoms with van der Waals surface area (Å²) in [6, 6.07) is 17.1. The standard InChI is InChI=1S/C21H21NO3S/c1-4-17-19(15-10-6-5-7-11-15)20-21(25-17)26(23,24)18-13-9-8-12-16(18)22(20)14(2)3/h5-14H,4H2,1-3H3. The fraction of sp³-hybridized carbons (Fsp3) is 0.238. The third kappa shape index (κ3) is 2.31. The Morgan fingerprint density at radius 3 is 2.31 bits per heavy atom. The van der Waals surface area contributed by atoms with E-state index < -0.39 is 9.84 Å². The first-order valence-corrected chi connectivity index (χ1v) is 10.3. The van der Waals surface area contributed by atoms with E-state index in [1.165, 1.54) is 0 Å². The van der Waals surface area contributed by atoms with Gasteiger partial charge in [0.05, 0.1) is 10.6 Å². The van der Waals surface area contributed by atoms with Crippen LogP contribution in [0.3, 0.4) is 0 Å². The Bertz CT molecular complexity index is 1070. The predicted octanol–water partition coefficient (Wildman–Crippen LogP) is 5.20. The molecule has 26 heavy (non-hydrogen) atoms. The average Bonchev–Trinajstić information content (AvgIpc) is 3.03. The van der Waals surface area contributed by atoms with Gasteiger partial charge in [-0.2, -0.15) is 0 Å². The number of sulfone groups is 1. The highest BCUT2D eigenvalue weighted by Gasteiger charge is 2.41. The van der Waals surface area contributed by atoms with Gasteiger partial charge in [0.1, 0.15) is 11.4 Å². The SMILES string of the molecule is CCc1oc2c(c1-c1ccccc1)N(C(C)C)c1ccccc1S2(=O)=O. The van der Waals surface area contributed by atoms with Gasteiger partial charge in [-0.05, 0) is 31.5 Å². The minimum Gasteiger partial charge on any atom is -0.447 e. The quantitative estimate of drug-likeness (QED) is 0.638. The molecule has 0 saturated carbocycles. The number of para-hydroxylation sites is 1. The molecule has 3 aromatic rings. The molecule has 0 N–H and O–H groups in total. The monoisotopic (exact) mass is 367 g/mol. The zero-order chi connectivity index (χ0) is 18.5. The van der Waals surface area contributed by atoms with E-state index in [-0.39, 0.29) is 11.1 Å². The van der Waals surface area contributed by atoms with Crippen LogP contribution in [0.1, 0.15) is 26.5 Å². The summed E-state index contributed by atoms with van der Waals surface area (Å²) in [6.07, 6.45) is 0.620. The normalized spacial score (nSPS) is 15.0. The van der Waals surface area contributed by atoms with Crippen molar-refractivity contribution in [3.8, 4) is 11.1 Å². The van der Waals surface area contributed by atoms with Gasteiger partial charge in [-0.15, -0.1) is 0 Å². The largest absolute Gasteiger partial charge is 0.447 e. The fourth-order valence-corrected chi connectivity index (χ4v) is 5.20. The van der Waals surface area contributed by atoms with Crippen molar-refractivity contribution in [2.75, 3.05) is 4.90 Å². The number of fused-ring (bicyclic) bond motifs is 2. The van der Waals surface area contributed by atoms with Crippen LogP contribution < -0.4 is 4.90 Å². The first kappa shape index (κ1) is 16.9. The maximum atomic E-state index is 13.3. The van der Waals surface area contributed by atoms with Crippen molar-refractivity contribution >= 4 is 21.2 Å². The van der Waals surface area contributed by atoms with Crippen molar-refractivity contribution in [2.24, 2.45) is 0 Å². The van der Waals surface area contributed by atoms with Crippen LogP contribution in [-0.2, 0) is 16.3 Å².